The summed E-state index contributed by atoms with van der Waals surface area (Å²) in [6.07, 6.45) is -0.920. The average Bonchev–Trinajstić information content (AvgIpc) is 3.40. The number of ketones is 2. The van der Waals surface area contributed by atoms with Gasteiger partial charge in [0, 0.05) is 15.6 Å². The van der Waals surface area contributed by atoms with Gasteiger partial charge in [-0.05, 0) is 40.5 Å². The van der Waals surface area contributed by atoms with Crippen molar-refractivity contribution < 1.29 is 23.9 Å². The predicted octanol–water partition coefficient (Wildman–Crippen LogP) is 4.45. The molecule has 6 rings (SSSR count). The molecule has 168 valence electrons. The minimum atomic E-state index is -2.06. The lowest BCUT2D eigenvalue weighted by molar-refractivity contribution is -0.127. The molecule has 34 heavy (non-hydrogen) atoms. The highest BCUT2D eigenvalue weighted by atomic mass is 79.9. The van der Waals surface area contributed by atoms with Crippen LogP contribution in [0.4, 0.5) is 5.69 Å². The number of nitrogens with zero attached hydrogens (tertiary/aromatic N) is 1. The second-order valence-electron chi connectivity index (χ2n) is 8.86. The SMILES string of the molecule is Cc1cccc([C@H]2OC3(C(=O)c4ccccc4C3=O)[C@H]3C(=O)N(c4ccccc4Br)C(=O)[C@H]23)c1. The summed E-state index contributed by atoms with van der Waals surface area (Å²) in [5.74, 6) is -4.48. The Morgan fingerprint density at radius 1 is 0.824 bits per heavy atom. The number of benzene rings is 3. The number of fused-ring (bicyclic) bond motifs is 3. The third-order valence-electron chi connectivity index (χ3n) is 6.98. The molecule has 2 amide bonds. The molecule has 3 aromatic carbocycles. The number of ether oxygens (including phenoxy) is 1. The Bertz CT molecular complexity index is 1390. The molecule has 3 aromatic rings. The zero-order valence-corrected chi connectivity index (χ0v) is 19.6. The molecule has 1 spiro atoms. The molecule has 2 fully saturated rings. The first kappa shape index (κ1) is 21.1. The highest BCUT2D eigenvalue weighted by Gasteiger charge is 2.74. The van der Waals surface area contributed by atoms with Crippen LogP contribution in [-0.4, -0.2) is 29.0 Å². The van der Waals surface area contributed by atoms with E-state index in [1.165, 1.54) is 0 Å². The first-order valence-electron chi connectivity index (χ1n) is 10.9. The third kappa shape index (κ3) is 2.59. The number of aryl methyl sites for hydroxylation is 1. The molecular formula is C27H18BrNO5. The van der Waals surface area contributed by atoms with Crippen molar-refractivity contribution >= 4 is 45.0 Å². The number of para-hydroxylation sites is 1. The van der Waals surface area contributed by atoms with Crippen molar-refractivity contribution in [1.29, 1.82) is 0 Å². The molecule has 0 radical (unpaired) electrons. The summed E-state index contributed by atoms with van der Waals surface area (Å²) < 4.78 is 6.86. The number of Topliss-reactive ketones (excluding diaryl/α,β-unsaturated/α-hetero) is 2. The number of imide groups is 1. The van der Waals surface area contributed by atoms with Gasteiger partial charge in [0.2, 0.25) is 29.0 Å². The Morgan fingerprint density at radius 2 is 1.47 bits per heavy atom. The number of halogens is 1. The Kier molecular flexibility index (Phi) is 4.53. The zero-order chi connectivity index (χ0) is 23.8. The molecule has 3 aliphatic rings. The van der Waals surface area contributed by atoms with Crippen LogP contribution in [0, 0.1) is 18.8 Å². The molecule has 3 atom stereocenters. The van der Waals surface area contributed by atoms with Crippen molar-refractivity contribution in [2.24, 2.45) is 11.8 Å². The third-order valence-corrected chi connectivity index (χ3v) is 7.65. The predicted molar refractivity (Wildman–Crippen MR) is 126 cm³/mol. The van der Waals surface area contributed by atoms with E-state index in [0.717, 1.165) is 10.5 Å². The number of hydrogen-bond donors (Lipinski definition) is 0. The minimum absolute atomic E-state index is 0.218. The quantitative estimate of drug-likeness (QED) is 0.372. The summed E-state index contributed by atoms with van der Waals surface area (Å²) in [5, 5.41) is 0. The lowest BCUT2D eigenvalue weighted by Gasteiger charge is -2.27. The average molecular weight is 516 g/mol. The molecule has 0 N–H and O–H groups in total. The van der Waals surface area contributed by atoms with E-state index in [1.54, 1.807) is 54.6 Å². The van der Waals surface area contributed by atoms with Gasteiger partial charge in [0.1, 0.15) is 0 Å². The standard InChI is InChI=1S/C27H18BrNO5/c1-14-7-6-8-15(13-14)22-20-21(26(33)29(25(20)32)19-12-5-4-11-18(19)28)27(34-22)23(30)16-9-2-3-10-17(16)24(27)31/h2-13,20-22H,1H3/t20-,21+,22+/m0/s1. The smallest absolute Gasteiger partial charge is 0.241 e. The van der Waals surface area contributed by atoms with Crippen molar-refractivity contribution in [3.63, 3.8) is 0 Å². The van der Waals surface area contributed by atoms with E-state index >= 15 is 0 Å². The van der Waals surface area contributed by atoms with Gasteiger partial charge in [-0.25, -0.2) is 4.90 Å². The van der Waals surface area contributed by atoms with Crippen molar-refractivity contribution in [1.82, 2.24) is 0 Å². The Balaban J connectivity index is 1.57. The number of hydrogen-bond acceptors (Lipinski definition) is 5. The lowest BCUT2D eigenvalue weighted by Crippen LogP contribution is -2.51. The van der Waals surface area contributed by atoms with Gasteiger partial charge in [-0.3, -0.25) is 19.2 Å². The summed E-state index contributed by atoms with van der Waals surface area (Å²) in [6.45, 7) is 1.91. The summed E-state index contributed by atoms with van der Waals surface area (Å²) >= 11 is 3.42. The van der Waals surface area contributed by atoms with Crippen LogP contribution in [0.2, 0.25) is 0 Å². The molecule has 1 aliphatic carbocycles. The molecule has 0 unspecified atom stereocenters. The molecular weight excluding hydrogens is 498 g/mol. The Labute approximate surface area is 203 Å². The molecule has 0 aromatic heterocycles. The fourth-order valence-corrected chi connectivity index (χ4v) is 6.00. The van der Waals surface area contributed by atoms with E-state index in [2.05, 4.69) is 15.9 Å². The normalized spacial score (nSPS) is 24.8. The van der Waals surface area contributed by atoms with Crippen molar-refractivity contribution in [2.45, 2.75) is 18.6 Å². The number of amides is 2. The number of rotatable bonds is 2. The largest absolute Gasteiger partial charge is 0.349 e. The Morgan fingerprint density at radius 3 is 2.12 bits per heavy atom. The van der Waals surface area contributed by atoms with Crippen molar-refractivity contribution in [2.75, 3.05) is 4.90 Å². The molecule has 2 aliphatic heterocycles. The van der Waals surface area contributed by atoms with Crippen molar-refractivity contribution in [3.05, 3.63) is 99.5 Å². The highest BCUT2D eigenvalue weighted by molar-refractivity contribution is 9.10. The van der Waals surface area contributed by atoms with Crippen LogP contribution < -0.4 is 4.90 Å². The second kappa shape index (κ2) is 7.29. The maximum atomic E-state index is 13.9. The molecule has 2 saturated heterocycles. The van der Waals surface area contributed by atoms with Crippen LogP contribution >= 0.6 is 15.9 Å². The van der Waals surface area contributed by atoms with E-state index < -0.39 is 46.9 Å². The van der Waals surface area contributed by atoms with Gasteiger partial charge in [0.05, 0.1) is 23.6 Å². The minimum Gasteiger partial charge on any atom is -0.349 e. The second-order valence-corrected chi connectivity index (χ2v) is 9.71. The van der Waals surface area contributed by atoms with Crippen LogP contribution in [0.1, 0.15) is 37.9 Å². The maximum Gasteiger partial charge on any atom is 0.241 e. The van der Waals surface area contributed by atoms with Gasteiger partial charge in [-0.1, -0.05) is 66.2 Å². The molecule has 7 heteroatoms. The highest BCUT2D eigenvalue weighted by Crippen LogP contribution is 2.58. The lowest BCUT2D eigenvalue weighted by atomic mass is 9.77. The Hall–Kier alpha value is -3.42. The van der Waals surface area contributed by atoms with E-state index in [4.69, 9.17) is 4.74 Å². The van der Waals surface area contributed by atoms with Gasteiger partial charge >= 0.3 is 0 Å². The van der Waals surface area contributed by atoms with Crippen LogP contribution in [-0.2, 0) is 14.3 Å². The number of anilines is 1. The topological polar surface area (TPSA) is 80.8 Å². The van der Waals surface area contributed by atoms with Crippen LogP contribution in [0.3, 0.4) is 0 Å². The maximum absolute atomic E-state index is 13.9. The van der Waals surface area contributed by atoms with Crippen LogP contribution in [0.25, 0.3) is 0 Å². The van der Waals surface area contributed by atoms with Gasteiger partial charge in [-0.2, -0.15) is 0 Å². The molecule has 6 nitrogen and oxygen atoms in total. The summed E-state index contributed by atoms with van der Waals surface area (Å²) in [4.78, 5) is 56.3. The van der Waals surface area contributed by atoms with Crippen molar-refractivity contribution in [3.8, 4) is 0 Å². The molecule has 0 bridgehead atoms. The van der Waals surface area contributed by atoms with Crippen LogP contribution in [0.15, 0.2) is 77.3 Å². The van der Waals surface area contributed by atoms with Gasteiger partial charge in [0.25, 0.3) is 0 Å². The monoisotopic (exact) mass is 515 g/mol. The van der Waals surface area contributed by atoms with E-state index in [0.29, 0.717) is 15.7 Å². The number of carbonyl (C=O) groups is 4. The van der Waals surface area contributed by atoms with Gasteiger partial charge in [-0.15, -0.1) is 0 Å². The first-order chi connectivity index (χ1) is 16.4. The van der Waals surface area contributed by atoms with E-state index in [9.17, 15) is 19.2 Å². The van der Waals surface area contributed by atoms with E-state index in [-0.39, 0.29) is 11.1 Å². The first-order valence-corrected chi connectivity index (χ1v) is 11.7. The number of carbonyl (C=O) groups excluding carboxylic acids is 4. The zero-order valence-electron chi connectivity index (χ0n) is 18.0. The fourth-order valence-electron chi connectivity index (χ4n) is 5.54. The van der Waals surface area contributed by atoms with Gasteiger partial charge < -0.3 is 4.74 Å². The summed E-state index contributed by atoms with van der Waals surface area (Å²) in [6, 6.07) is 20.7. The molecule has 2 heterocycles. The summed E-state index contributed by atoms with van der Waals surface area (Å²) in [5.41, 5.74) is 0.335. The van der Waals surface area contributed by atoms with E-state index in [1.807, 2.05) is 25.1 Å². The molecule has 0 saturated carbocycles. The van der Waals surface area contributed by atoms with Crippen LogP contribution in [0.5, 0.6) is 0 Å². The van der Waals surface area contributed by atoms with Gasteiger partial charge in [0.15, 0.2) is 0 Å². The summed E-state index contributed by atoms with van der Waals surface area (Å²) in [7, 11) is 0. The fraction of sp³-hybridized carbons (Fsp3) is 0.185.